The third-order valence-corrected chi connectivity index (χ3v) is 2.67. The molecule has 68 valence electrons. The Kier molecular flexibility index (Phi) is 2.02. The van der Waals surface area contributed by atoms with Crippen LogP contribution >= 0.6 is 9.24 Å². The Balaban J connectivity index is 2.48. The third-order valence-electron chi connectivity index (χ3n) is 2.17. The fourth-order valence-electron chi connectivity index (χ4n) is 1.42. The molecule has 2 heterocycles. The molecular weight excluding hydrogens is 185 g/mol. The molecule has 0 radical (unpaired) electrons. The van der Waals surface area contributed by atoms with Gasteiger partial charge in [-0.15, -0.1) is 9.24 Å². The van der Waals surface area contributed by atoms with Crippen LogP contribution < -0.4 is 11.1 Å². The molecule has 1 aliphatic heterocycles. The van der Waals surface area contributed by atoms with Crippen molar-refractivity contribution in [2.75, 3.05) is 0 Å². The van der Waals surface area contributed by atoms with Crippen LogP contribution in [0.3, 0.4) is 0 Å². The van der Waals surface area contributed by atoms with E-state index >= 15 is 0 Å². The quantitative estimate of drug-likeness (QED) is 0.339. The minimum atomic E-state index is -0.0510. The lowest BCUT2D eigenvalue weighted by molar-refractivity contribution is -0.132. The Morgan fingerprint density at radius 2 is 2.31 bits per heavy atom. The highest BCUT2D eigenvalue weighted by Gasteiger charge is 2.21. The predicted molar refractivity (Wildman–Crippen MR) is 52.0 cm³/mol. The van der Waals surface area contributed by atoms with E-state index in [9.17, 15) is 4.79 Å². The number of hydrogen-bond acceptors (Lipinski definition) is 3. The van der Waals surface area contributed by atoms with Crippen molar-refractivity contribution in [3.8, 4) is 0 Å². The summed E-state index contributed by atoms with van der Waals surface area (Å²) in [5.41, 5.74) is 2.08. The van der Waals surface area contributed by atoms with Gasteiger partial charge in [0.2, 0.25) is 5.91 Å². The highest BCUT2D eigenvalue weighted by Crippen LogP contribution is 2.15. The third kappa shape index (κ3) is 1.43. The lowest BCUT2D eigenvalue weighted by Gasteiger charge is -2.24. The van der Waals surface area contributed by atoms with Crippen LogP contribution in [0.25, 0.3) is 0 Å². The summed E-state index contributed by atoms with van der Waals surface area (Å²) in [6.07, 6.45) is 3.85. The SMILES string of the molecule is NN1Cc2c(P)cncc2CC1=O. The van der Waals surface area contributed by atoms with Crippen molar-refractivity contribution in [1.82, 2.24) is 9.99 Å². The first-order chi connectivity index (χ1) is 6.18. The number of rotatable bonds is 0. The maximum absolute atomic E-state index is 11.2. The van der Waals surface area contributed by atoms with Gasteiger partial charge in [0.05, 0.1) is 13.0 Å². The van der Waals surface area contributed by atoms with E-state index in [0.717, 1.165) is 16.4 Å². The average molecular weight is 195 g/mol. The van der Waals surface area contributed by atoms with Gasteiger partial charge in [-0.25, -0.2) is 5.84 Å². The first kappa shape index (κ1) is 8.60. The van der Waals surface area contributed by atoms with E-state index in [-0.39, 0.29) is 5.91 Å². The molecule has 0 saturated carbocycles. The van der Waals surface area contributed by atoms with E-state index < -0.39 is 0 Å². The number of pyridine rings is 1. The molecule has 1 aromatic heterocycles. The fraction of sp³-hybridized carbons (Fsp3) is 0.250. The number of fused-ring (bicyclic) bond motifs is 1. The molecule has 0 fully saturated rings. The first-order valence-electron chi connectivity index (χ1n) is 3.95. The summed E-state index contributed by atoms with van der Waals surface area (Å²) in [5, 5.41) is 2.26. The zero-order valence-electron chi connectivity index (χ0n) is 7.03. The van der Waals surface area contributed by atoms with Crippen LogP contribution in [-0.2, 0) is 17.8 Å². The number of aromatic nitrogens is 1. The molecule has 1 unspecified atom stereocenters. The van der Waals surface area contributed by atoms with Gasteiger partial charge in [0, 0.05) is 12.4 Å². The molecule has 4 nitrogen and oxygen atoms in total. The van der Waals surface area contributed by atoms with Gasteiger partial charge in [-0.05, 0) is 16.4 Å². The van der Waals surface area contributed by atoms with Crippen LogP contribution in [0.15, 0.2) is 12.4 Å². The maximum atomic E-state index is 11.2. The molecular formula is C8H10N3OP. The monoisotopic (exact) mass is 195 g/mol. The van der Waals surface area contributed by atoms with Crippen molar-refractivity contribution in [3.63, 3.8) is 0 Å². The fourth-order valence-corrected chi connectivity index (χ4v) is 1.78. The molecule has 1 aliphatic rings. The number of hydrazine groups is 1. The zero-order chi connectivity index (χ0) is 9.42. The number of hydrogen-bond donors (Lipinski definition) is 1. The molecule has 1 atom stereocenters. The van der Waals surface area contributed by atoms with Gasteiger partial charge in [0.25, 0.3) is 0 Å². The highest BCUT2D eigenvalue weighted by atomic mass is 31.0. The number of nitrogens with two attached hydrogens (primary N) is 1. The Morgan fingerprint density at radius 3 is 3.08 bits per heavy atom. The number of nitrogens with zero attached hydrogens (tertiary/aromatic N) is 2. The minimum Gasteiger partial charge on any atom is -0.276 e. The summed E-state index contributed by atoms with van der Waals surface area (Å²) in [6.45, 7) is 0.482. The molecule has 13 heavy (non-hydrogen) atoms. The van der Waals surface area contributed by atoms with Gasteiger partial charge in [0.1, 0.15) is 0 Å². The number of carbonyl (C=O) groups is 1. The van der Waals surface area contributed by atoms with Crippen molar-refractivity contribution in [2.24, 2.45) is 5.84 Å². The van der Waals surface area contributed by atoms with E-state index in [1.54, 1.807) is 12.4 Å². The maximum Gasteiger partial charge on any atom is 0.241 e. The van der Waals surface area contributed by atoms with Crippen molar-refractivity contribution >= 4 is 20.5 Å². The zero-order valence-corrected chi connectivity index (χ0v) is 8.18. The number of amides is 1. The van der Waals surface area contributed by atoms with Crippen molar-refractivity contribution in [3.05, 3.63) is 23.5 Å². The Bertz CT molecular complexity index is 366. The molecule has 2 N–H and O–H groups in total. The van der Waals surface area contributed by atoms with Crippen molar-refractivity contribution < 1.29 is 4.79 Å². The molecule has 0 spiro atoms. The van der Waals surface area contributed by atoms with Gasteiger partial charge in [0.15, 0.2) is 0 Å². The molecule has 0 aliphatic carbocycles. The molecule has 5 heteroatoms. The molecule has 1 amide bonds. The Hall–Kier alpha value is -0.990. The van der Waals surface area contributed by atoms with Gasteiger partial charge in [-0.2, -0.15) is 0 Å². The smallest absolute Gasteiger partial charge is 0.241 e. The topological polar surface area (TPSA) is 59.2 Å². The van der Waals surface area contributed by atoms with Gasteiger partial charge < -0.3 is 0 Å². The second-order valence-corrected chi connectivity index (χ2v) is 3.69. The van der Waals surface area contributed by atoms with Gasteiger partial charge in [-0.3, -0.25) is 14.8 Å². The predicted octanol–water partition coefficient (Wildman–Crippen LogP) is -0.660. The summed E-state index contributed by atoms with van der Waals surface area (Å²) in [4.78, 5) is 15.3. The van der Waals surface area contributed by atoms with Gasteiger partial charge in [-0.1, -0.05) is 0 Å². The van der Waals surface area contributed by atoms with E-state index in [0.29, 0.717) is 13.0 Å². The normalized spacial score (nSPS) is 15.8. The molecule has 2 rings (SSSR count). The molecule has 0 bridgehead atoms. The average Bonchev–Trinajstić information content (AvgIpc) is 2.09. The van der Waals surface area contributed by atoms with Crippen molar-refractivity contribution in [1.29, 1.82) is 0 Å². The van der Waals surface area contributed by atoms with Crippen LogP contribution in [-0.4, -0.2) is 15.9 Å². The summed E-state index contributed by atoms with van der Waals surface area (Å²) < 4.78 is 0. The van der Waals surface area contributed by atoms with E-state index in [1.807, 2.05) is 0 Å². The van der Waals surface area contributed by atoms with Gasteiger partial charge >= 0.3 is 0 Å². The lowest BCUT2D eigenvalue weighted by Crippen LogP contribution is -2.42. The largest absolute Gasteiger partial charge is 0.276 e. The van der Waals surface area contributed by atoms with E-state index in [4.69, 9.17) is 5.84 Å². The second-order valence-electron chi connectivity index (χ2n) is 3.06. The summed E-state index contributed by atoms with van der Waals surface area (Å²) in [7, 11) is 2.60. The second kappa shape index (κ2) is 3.05. The van der Waals surface area contributed by atoms with Crippen molar-refractivity contribution in [2.45, 2.75) is 13.0 Å². The lowest BCUT2D eigenvalue weighted by atomic mass is 10.0. The Labute approximate surface area is 78.3 Å². The summed E-state index contributed by atoms with van der Waals surface area (Å²) in [5.74, 6) is 5.47. The summed E-state index contributed by atoms with van der Waals surface area (Å²) in [6, 6.07) is 0. The molecule has 0 saturated heterocycles. The standard InChI is InChI=1S/C8H10N3OP/c9-11-4-6-5(1-8(11)12)2-10-3-7(6)13/h2-3H,1,4,9,13H2. The molecule has 0 aromatic carbocycles. The van der Waals surface area contributed by atoms with Crippen LogP contribution in [0.2, 0.25) is 0 Å². The Morgan fingerprint density at radius 1 is 1.54 bits per heavy atom. The van der Waals surface area contributed by atoms with Crippen LogP contribution in [0, 0.1) is 0 Å². The number of carbonyl (C=O) groups excluding carboxylic acids is 1. The van der Waals surface area contributed by atoms with Crippen LogP contribution in [0.1, 0.15) is 11.1 Å². The highest BCUT2D eigenvalue weighted by molar-refractivity contribution is 7.27. The first-order valence-corrected chi connectivity index (χ1v) is 4.52. The molecule has 1 aromatic rings. The van der Waals surface area contributed by atoms with E-state index in [2.05, 4.69) is 14.2 Å². The minimum absolute atomic E-state index is 0.0510. The van der Waals surface area contributed by atoms with Crippen LogP contribution in [0.5, 0.6) is 0 Å². The van der Waals surface area contributed by atoms with Crippen LogP contribution in [0.4, 0.5) is 0 Å². The summed E-state index contributed by atoms with van der Waals surface area (Å²) >= 11 is 0. The van der Waals surface area contributed by atoms with E-state index in [1.165, 1.54) is 5.01 Å².